The lowest BCUT2D eigenvalue weighted by atomic mass is 10.1. The van der Waals surface area contributed by atoms with Gasteiger partial charge in [0.15, 0.2) is 5.96 Å². The maximum atomic E-state index is 5.47. The predicted octanol–water partition coefficient (Wildman–Crippen LogP) is 2.24. The SMILES string of the molecule is CCNC(=NCc1ccnc(N(C)C)c1)NCc1ccccc1CN1CCOCC1. The van der Waals surface area contributed by atoms with Crippen LogP contribution in [0.1, 0.15) is 23.6 Å². The zero-order valence-corrected chi connectivity index (χ0v) is 18.4. The molecule has 0 bridgehead atoms. The number of anilines is 1. The van der Waals surface area contributed by atoms with Crippen LogP contribution in [0.15, 0.2) is 47.6 Å². The molecule has 162 valence electrons. The number of nitrogens with one attached hydrogen (secondary N) is 2. The first-order valence-corrected chi connectivity index (χ1v) is 10.7. The number of morpholine rings is 1. The molecule has 3 rings (SSSR count). The Balaban J connectivity index is 1.63. The minimum absolute atomic E-state index is 0.605. The Kier molecular flexibility index (Phi) is 8.47. The van der Waals surface area contributed by atoms with Crippen LogP contribution in [0, 0.1) is 0 Å². The smallest absolute Gasteiger partial charge is 0.191 e. The van der Waals surface area contributed by atoms with Gasteiger partial charge in [-0.15, -0.1) is 0 Å². The quantitative estimate of drug-likeness (QED) is 0.514. The van der Waals surface area contributed by atoms with Crippen molar-refractivity contribution < 1.29 is 4.74 Å². The maximum Gasteiger partial charge on any atom is 0.191 e. The summed E-state index contributed by atoms with van der Waals surface area (Å²) < 4.78 is 5.47. The molecule has 1 aromatic carbocycles. The molecule has 0 aliphatic carbocycles. The fourth-order valence-corrected chi connectivity index (χ4v) is 3.38. The zero-order valence-electron chi connectivity index (χ0n) is 18.4. The minimum Gasteiger partial charge on any atom is -0.379 e. The number of aromatic nitrogens is 1. The molecule has 0 amide bonds. The van der Waals surface area contributed by atoms with Crippen LogP contribution in [0.25, 0.3) is 0 Å². The van der Waals surface area contributed by atoms with E-state index in [1.807, 2.05) is 31.3 Å². The summed E-state index contributed by atoms with van der Waals surface area (Å²) >= 11 is 0. The summed E-state index contributed by atoms with van der Waals surface area (Å²) in [6.45, 7) is 8.84. The van der Waals surface area contributed by atoms with E-state index in [1.54, 1.807) is 0 Å². The van der Waals surface area contributed by atoms with E-state index in [9.17, 15) is 0 Å². The Morgan fingerprint density at radius 1 is 1.13 bits per heavy atom. The van der Waals surface area contributed by atoms with Gasteiger partial charge in [0.2, 0.25) is 0 Å². The number of hydrogen-bond donors (Lipinski definition) is 2. The molecule has 1 saturated heterocycles. The molecular formula is C23H34N6O. The van der Waals surface area contributed by atoms with Gasteiger partial charge in [-0.2, -0.15) is 0 Å². The molecule has 2 N–H and O–H groups in total. The first-order chi connectivity index (χ1) is 14.7. The Morgan fingerprint density at radius 3 is 2.63 bits per heavy atom. The normalized spacial score (nSPS) is 15.1. The lowest BCUT2D eigenvalue weighted by Crippen LogP contribution is -2.38. The summed E-state index contributed by atoms with van der Waals surface area (Å²) in [6, 6.07) is 12.7. The van der Waals surface area contributed by atoms with Crippen molar-refractivity contribution in [2.45, 2.75) is 26.6 Å². The molecule has 0 spiro atoms. The van der Waals surface area contributed by atoms with Gasteiger partial charge in [0.05, 0.1) is 19.8 Å². The number of guanidine groups is 1. The van der Waals surface area contributed by atoms with Crippen LogP contribution in [0.5, 0.6) is 0 Å². The Labute approximate surface area is 180 Å². The summed E-state index contributed by atoms with van der Waals surface area (Å²) in [7, 11) is 3.99. The molecule has 7 nitrogen and oxygen atoms in total. The predicted molar refractivity (Wildman–Crippen MR) is 123 cm³/mol. The van der Waals surface area contributed by atoms with E-state index in [4.69, 9.17) is 9.73 Å². The molecule has 1 aliphatic heterocycles. The Bertz CT molecular complexity index is 817. The van der Waals surface area contributed by atoms with Crippen molar-refractivity contribution in [1.29, 1.82) is 0 Å². The van der Waals surface area contributed by atoms with Crippen molar-refractivity contribution in [3.63, 3.8) is 0 Å². The fraction of sp³-hybridized carbons (Fsp3) is 0.478. The third-order valence-electron chi connectivity index (χ3n) is 5.09. The van der Waals surface area contributed by atoms with Gasteiger partial charge < -0.3 is 20.3 Å². The van der Waals surface area contributed by atoms with Gasteiger partial charge in [0, 0.05) is 53.0 Å². The van der Waals surface area contributed by atoms with E-state index in [2.05, 4.69) is 57.8 Å². The number of benzene rings is 1. The summed E-state index contributed by atoms with van der Waals surface area (Å²) in [5.41, 5.74) is 3.79. The second kappa shape index (κ2) is 11.5. The molecule has 0 saturated carbocycles. The second-order valence-corrected chi connectivity index (χ2v) is 7.62. The highest BCUT2D eigenvalue weighted by molar-refractivity contribution is 5.79. The van der Waals surface area contributed by atoms with Gasteiger partial charge in [-0.25, -0.2) is 9.98 Å². The lowest BCUT2D eigenvalue weighted by Gasteiger charge is -2.27. The van der Waals surface area contributed by atoms with E-state index in [0.717, 1.165) is 63.3 Å². The third kappa shape index (κ3) is 6.71. The van der Waals surface area contributed by atoms with Crippen molar-refractivity contribution in [3.05, 3.63) is 59.3 Å². The number of pyridine rings is 1. The van der Waals surface area contributed by atoms with Crippen LogP contribution < -0.4 is 15.5 Å². The Morgan fingerprint density at radius 2 is 1.90 bits per heavy atom. The van der Waals surface area contributed by atoms with E-state index in [-0.39, 0.29) is 0 Å². The van der Waals surface area contributed by atoms with E-state index < -0.39 is 0 Å². The molecular weight excluding hydrogens is 376 g/mol. The average Bonchev–Trinajstić information content (AvgIpc) is 2.77. The number of ether oxygens (including phenoxy) is 1. The molecule has 2 aromatic rings. The highest BCUT2D eigenvalue weighted by Gasteiger charge is 2.12. The largest absolute Gasteiger partial charge is 0.379 e. The van der Waals surface area contributed by atoms with Crippen LogP contribution in [-0.2, 0) is 24.4 Å². The topological polar surface area (TPSA) is 65.0 Å². The first kappa shape index (κ1) is 22.1. The summed E-state index contributed by atoms with van der Waals surface area (Å²) in [6.07, 6.45) is 1.84. The molecule has 0 unspecified atom stereocenters. The van der Waals surface area contributed by atoms with Crippen LogP contribution in [0.2, 0.25) is 0 Å². The molecule has 0 radical (unpaired) electrons. The van der Waals surface area contributed by atoms with Gasteiger partial charge in [-0.3, -0.25) is 4.90 Å². The van der Waals surface area contributed by atoms with Gasteiger partial charge in [-0.05, 0) is 35.7 Å². The molecule has 7 heteroatoms. The standard InChI is InChI=1S/C23H34N6O/c1-4-24-23(26-16-19-9-10-25-22(15-19)28(2)3)27-17-20-7-5-6-8-21(20)18-29-11-13-30-14-12-29/h5-10,15H,4,11-14,16-18H2,1-3H3,(H2,24,26,27). The van der Waals surface area contributed by atoms with Crippen molar-refractivity contribution in [1.82, 2.24) is 20.5 Å². The highest BCUT2D eigenvalue weighted by atomic mass is 16.5. The van der Waals surface area contributed by atoms with E-state index in [1.165, 1.54) is 11.1 Å². The fourth-order valence-electron chi connectivity index (χ4n) is 3.38. The zero-order chi connectivity index (χ0) is 21.2. The van der Waals surface area contributed by atoms with Crippen molar-refractivity contribution >= 4 is 11.8 Å². The van der Waals surface area contributed by atoms with Crippen molar-refractivity contribution in [2.75, 3.05) is 51.8 Å². The van der Waals surface area contributed by atoms with Gasteiger partial charge in [0.1, 0.15) is 5.82 Å². The molecule has 0 atom stereocenters. The number of hydrogen-bond acceptors (Lipinski definition) is 5. The van der Waals surface area contributed by atoms with E-state index in [0.29, 0.717) is 6.54 Å². The number of rotatable bonds is 8. The van der Waals surface area contributed by atoms with Crippen LogP contribution in [-0.4, -0.2) is 62.8 Å². The molecule has 30 heavy (non-hydrogen) atoms. The highest BCUT2D eigenvalue weighted by Crippen LogP contribution is 2.13. The van der Waals surface area contributed by atoms with Crippen LogP contribution in [0.3, 0.4) is 0 Å². The van der Waals surface area contributed by atoms with Gasteiger partial charge >= 0.3 is 0 Å². The molecule has 1 fully saturated rings. The van der Waals surface area contributed by atoms with Crippen LogP contribution in [0.4, 0.5) is 5.82 Å². The summed E-state index contributed by atoms with van der Waals surface area (Å²) in [5, 5.41) is 6.84. The Hall–Kier alpha value is -2.64. The minimum atomic E-state index is 0.605. The molecule has 1 aromatic heterocycles. The summed E-state index contributed by atoms with van der Waals surface area (Å²) in [4.78, 5) is 13.6. The third-order valence-corrected chi connectivity index (χ3v) is 5.09. The number of nitrogens with zero attached hydrogens (tertiary/aromatic N) is 4. The lowest BCUT2D eigenvalue weighted by molar-refractivity contribution is 0.0341. The molecule has 1 aliphatic rings. The van der Waals surface area contributed by atoms with Crippen LogP contribution >= 0.6 is 0 Å². The van der Waals surface area contributed by atoms with Crippen molar-refractivity contribution in [3.8, 4) is 0 Å². The summed E-state index contributed by atoms with van der Waals surface area (Å²) in [5.74, 6) is 1.76. The average molecular weight is 411 g/mol. The van der Waals surface area contributed by atoms with Crippen molar-refractivity contribution in [2.24, 2.45) is 4.99 Å². The van der Waals surface area contributed by atoms with Gasteiger partial charge in [0.25, 0.3) is 0 Å². The van der Waals surface area contributed by atoms with E-state index >= 15 is 0 Å². The first-order valence-electron chi connectivity index (χ1n) is 10.7. The molecule has 2 heterocycles. The maximum absolute atomic E-state index is 5.47. The second-order valence-electron chi connectivity index (χ2n) is 7.62. The van der Waals surface area contributed by atoms with Gasteiger partial charge in [-0.1, -0.05) is 24.3 Å². The number of aliphatic imine (C=N–C) groups is 1. The monoisotopic (exact) mass is 410 g/mol.